The Hall–Kier alpha value is -0.860. The summed E-state index contributed by atoms with van der Waals surface area (Å²) in [6.07, 6.45) is 5.85. The number of fused-ring (bicyclic) bond motifs is 1. The second kappa shape index (κ2) is 7.06. The predicted octanol–water partition coefficient (Wildman–Crippen LogP) is 3.23. The average molecular weight is 261 g/mol. The van der Waals surface area contributed by atoms with E-state index in [2.05, 4.69) is 37.4 Å². The van der Waals surface area contributed by atoms with Gasteiger partial charge in [-0.25, -0.2) is 0 Å². The van der Waals surface area contributed by atoms with Gasteiger partial charge in [-0.05, 0) is 61.8 Å². The maximum Gasteiger partial charge on any atom is 0.0434 e. The number of hydrogen-bond acceptors (Lipinski definition) is 2. The van der Waals surface area contributed by atoms with Gasteiger partial charge in [-0.2, -0.15) is 0 Å². The van der Waals surface area contributed by atoms with Gasteiger partial charge < -0.3 is 10.4 Å². The molecule has 0 heterocycles. The number of aliphatic hydroxyl groups excluding tert-OH is 1. The lowest BCUT2D eigenvalue weighted by Gasteiger charge is -2.20. The summed E-state index contributed by atoms with van der Waals surface area (Å²) in [5, 5.41) is 12.6. The molecule has 0 amide bonds. The molecule has 0 aliphatic heterocycles. The summed E-state index contributed by atoms with van der Waals surface area (Å²) in [5.74, 6) is 0.585. The fraction of sp³-hybridized carbons (Fsp3) is 0.647. The molecule has 1 aromatic rings. The van der Waals surface area contributed by atoms with Crippen molar-refractivity contribution in [2.75, 3.05) is 13.2 Å². The fourth-order valence-corrected chi connectivity index (χ4v) is 2.96. The first-order valence-electron chi connectivity index (χ1n) is 7.70. The standard InChI is InChI=1S/C17H27NO/c1-3-14(9-10-19)12-18-13(2)16-8-7-15-5-4-6-17(15)11-16/h7-8,11,13-14,18-19H,3-6,9-10,12H2,1-2H3. The molecule has 1 aromatic carbocycles. The van der Waals surface area contributed by atoms with Crippen LogP contribution in [0.4, 0.5) is 0 Å². The number of hydrogen-bond donors (Lipinski definition) is 2. The van der Waals surface area contributed by atoms with Crippen molar-refractivity contribution >= 4 is 0 Å². The van der Waals surface area contributed by atoms with Crippen molar-refractivity contribution in [1.82, 2.24) is 5.32 Å². The molecule has 1 aliphatic rings. The molecule has 106 valence electrons. The summed E-state index contributed by atoms with van der Waals surface area (Å²) in [7, 11) is 0. The fourth-order valence-electron chi connectivity index (χ4n) is 2.96. The van der Waals surface area contributed by atoms with Gasteiger partial charge in [0.25, 0.3) is 0 Å². The highest BCUT2D eigenvalue weighted by atomic mass is 16.3. The SMILES string of the molecule is CCC(CCO)CNC(C)c1ccc2c(c1)CCC2. The Morgan fingerprint density at radius 1 is 1.26 bits per heavy atom. The normalized spacial score (nSPS) is 17.2. The van der Waals surface area contributed by atoms with Crippen LogP contribution in [0.15, 0.2) is 18.2 Å². The Morgan fingerprint density at radius 3 is 2.79 bits per heavy atom. The predicted molar refractivity (Wildman–Crippen MR) is 80.4 cm³/mol. The van der Waals surface area contributed by atoms with Crippen molar-refractivity contribution in [3.05, 3.63) is 34.9 Å². The zero-order valence-corrected chi connectivity index (χ0v) is 12.3. The van der Waals surface area contributed by atoms with Gasteiger partial charge in [0.15, 0.2) is 0 Å². The Morgan fingerprint density at radius 2 is 2.05 bits per heavy atom. The monoisotopic (exact) mass is 261 g/mol. The quantitative estimate of drug-likeness (QED) is 0.790. The van der Waals surface area contributed by atoms with Crippen LogP contribution in [0.1, 0.15) is 55.8 Å². The van der Waals surface area contributed by atoms with Gasteiger partial charge in [-0.15, -0.1) is 0 Å². The summed E-state index contributed by atoms with van der Waals surface area (Å²) in [4.78, 5) is 0. The average Bonchev–Trinajstić information content (AvgIpc) is 2.90. The van der Waals surface area contributed by atoms with E-state index in [1.165, 1.54) is 24.8 Å². The third-order valence-corrected chi connectivity index (χ3v) is 4.45. The van der Waals surface area contributed by atoms with Crippen LogP contribution in [-0.4, -0.2) is 18.3 Å². The van der Waals surface area contributed by atoms with Gasteiger partial charge in [-0.3, -0.25) is 0 Å². The van der Waals surface area contributed by atoms with E-state index in [0.29, 0.717) is 18.6 Å². The van der Waals surface area contributed by atoms with Crippen LogP contribution >= 0.6 is 0 Å². The first-order chi connectivity index (χ1) is 9.24. The number of nitrogens with one attached hydrogen (secondary N) is 1. The molecule has 2 atom stereocenters. The van der Waals surface area contributed by atoms with E-state index < -0.39 is 0 Å². The van der Waals surface area contributed by atoms with Gasteiger partial charge in [0.2, 0.25) is 0 Å². The summed E-state index contributed by atoms with van der Waals surface area (Å²) in [5.41, 5.74) is 4.50. The molecule has 2 heteroatoms. The van der Waals surface area contributed by atoms with Crippen LogP contribution in [0.3, 0.4) is 0 Å². The van der Waals surface area contributed by atoms with E-state index in [-0.39, 0.29) is 0 Å². The van der Waals surface area contributed by atoms with Gasteiger partial charge in [0, 0.05) is 12.6 Å². The molecule has 0 bridgehead atoms. The summed E-state index contributed by atoms with van der Waals surface area (Å²) < 4.78 is 0. The Labute approximate surface area is 117 Å². The van der Waals surface area contributed by atoms with E-state index in [0.717, 1.165) is 19.4 Å². The van der Waals surface area contributed by atoms with Gasteiger partial charge >= 0.3 is 0 Å². The number of aryl methyl sites for hydroxylation is 2. The maximum absolute atomic E-state index is 9.03. The molecule has 0 saturated heterocycles. The van der Waals surface area contributed by atoms with Crippen LogP contribution in [-0.2, 0) is 12.8 Å². The first kappa shape index (κ1) is 14.5. The summed E-state index contributed by atoms with van der Waals surface area (Å²) in [6, 6.07) is 7.36. The molecule has 2 N–H and O–H groups in total. The molecule has 0 spiro atoms. The molecule has 0 saturated carbocycles. The molecule has 0 fully saturated rings. The van der Waals surface area contributed by atoms with Crippen LogP contribution in [0.5, 0.6) is 0 Å². The highest BCUT2D eigenvalue weighted by Crippen LogP contribution is 2.25. The lowest BCUT2D eigenvalue weighted by atomic mass is 9.99. The molecule has 0 aromatic heterocycles. The van der Waals surface area contributed by atoms with Crippen LogP contribution < -0.4 is 5.32 Å². The van der Waals surface area contributed by atoms with E-state index in [4.69, 9.17) is 5.11 Å². The minimum atomic E-state index is 0.299. The molecule has 19 heavy (non-hydrogen) atoms. The van der Waals surface area contributed by atoms with Crippen molar-refractivity contribution in [3.63, 3.8) is 0 Å². The van der Waals surface area contributed by atoms with Crippen LogP contribution in [0.25, 0.3) is 0 Å². The summed E-state index contributed by atoms with van der Waals surface area (Å²) >= 11 is 0. The molecular weight excluding hydrogens is 234 g/mol. The number of aliphatic hydroxyl groups is 1. The van der Waals surface area contributed by atoms with Crippen LogP contribution in [0, 0.1) is 5.92 Å². The number of benzene rings is 1. The van der Waals surface area contributed by atoms with Gasteiger partial charge in [0.05, 0.1) is 0 Å². The minimum absolute atomic E-state index is 0.299. The lowest BCUT2D eigenvalue weighted by Crippen LogP contribution is -2.26. The van der Waals surface area contributed by atoms with Crippen molar-refractivity contribution < 1.29 is 5.11 Å². The Bertz CT molecular complexity index is 402. The molecule has 0 radical (unpaired) electrons. The van der Waals surface area contributed by atoms with E-state index >= 15 is 0 Å². The minimum Gasteiger partial charge on any atom is -0.396 e. The third kappa shape index (κ3) is 3.80. The first-order valence-corrected chi connectivity index (χ1v) is 7.70. The molecule has 2 nitrogen and oxygen atoms in total. The zero-order valence-electron chi connectivity index (χ0n) is 12.3. The highest BCUT2D eigenvalue weighted by Gasteiger charge is 2.14. The number of rotatable bonds is 7. The molecular formula is C17H27NO. The maximum atomic E-state index is 9.03. The smallest absolute Gasteiger partial charge is 0.0434 e. The molecule has 2 rings (SSSR count). The molecule has 1 aliphatic carbocycles. The Kier molecular flexibility index (Phi) is 5.41. The summed E-state index contributed by atoms with van der Waals surface area (Å²) in [6.45, 7) is 5.73. The Balaban J connectivity index is 1.90. The van der Waals surface area contributed by atoms with Gasteiger partial charge in [0.1, 0.15) is 0 Å². The highest BCUT2D eigenvalue weighted by molar-refractivity contribution is 5.36. The van der Waals surface area contributed by atoms with Crippen molar-refractivity contribution in [2.45, 2.75) is 52.0 Å². The zero-order chi connectivity index (χ0) is 13.7. The van der Waals surface area contributed by atoms with E-state index in [9.17, 15) is 0 Å². The van der Waals surface area contributed by atoms with Crippen LogP contribution in [0.2, 0.25) is 0 Å². The van der Waals surface area contributed by atoms with Crippen molar-refractivity contribution in [1.29, 1.82) is 0 Å². The molecule has 2 unspecified atom stereocenters. The third-order valence-electron chi connectivity index (χ3n) is 4.45. The van der Waals surface area contributed by atoms with E-state index in [1.807, 2.05) is 0 Å². The largest absolute Gasteiger partial charge is 0.396 e. The van der Waals surface area contributed by atoms with Gasteiger partial charge in [-0.1, -0.05) is 31.5 Å². The lowest BCUT2D eigenvalue weighted by molar-refractivity contribution is 0.249. The second-order valence-corrected chi connectivity index (χ2v) is 5.80. The topological polar surface area (TPSA) is 32.3 Å². The second-order valence-electron chi connectivity index (χ2n) is 5.80. The van der Waals surface area contributed by atoms with Crippen molar-refractivity contribution in [2.24, 2.45) is 5.92 Å². The van der Waals surface area contributed by atoms with Crippen molar-refractivity contribution in [3.8, 4) is 0 Å². The van der Waals surface area contributed by atoms with E-state index in [1.54, 1.807) is 11.1 Å².